The van der Waals surface area contributed by atoms with Gasteiger partial charge in [0.25, 0.3) is 0 Å². The first-order chi connectivity index (χ1) is 22.6. The maximum absolute atomic E-state index is 13.2. The second-order valence-corrected chi connectivity index (χ2v) is 14.4. The van der Waals surface area contributed by atoms with Crippen molar-refractivity contribution in [3.63, 3.8) is 0 Å². The number of para-hydroxylation sites is 2. The van der Waals surface area contributed by atoms with Gasteiger partial charge in [-0.3, -0.25) is 15.3 Å². The molecule has 1 saturated heterocycles. The van der Waals surface area contributed by atoms with Crippen molar-refractivity contribution in [2.24, 2.45) is 5.92 Å². The molecule has 2 aromatic heterocycles. The summed E-state index contributed by atoms with van der Waals surface area (Å²) in [4.78, 5) is 23.7. The number of aromatic nitrogens is 2. The fourth-order valence-corrected chi connectivity index (χ4v) is 8.49. The number of pyridine rings is 2. The van der Waals surface area contributed by atoms with Crippen LogP contribution in [0.25, 0.3) is 21.8 Å². The number of thiocarbonyl (C=S) groups is 1. The van der Waals surface area contributed by atoms with Crippen LogP contribution in [-0.4, -0.2) is 68.5 Å². The predicted molar refractivity (Wildman–Crippen MR) is 190 cm³/mol. The van der Waals surface area contributed by atoms with E-state index < -0.39 is 35.4 Å². The predicted octanol–water partition coefficient (Wildman–Crippen LogP) is 7.21. The van der Waals surface area contributed by atoms with Crippen LogP contribution in [0.2, 0.25) is 0 Å². The van der Waals surface area contributed by atoms with Crippen molar-refractivity contribution in [1.82, 2.24) is 15.3 Å². The monoisotopic (exact) mass is 671 g/mol. The van der Waals surface area contributed by atoms with E-state index in [-0.39, 0.29) is 6.10 Å². The summed E-state index contributed by atoms with van der Waals surface area (Å²) in [6.45, 7) is 6.17. The van der Waals surface area contributed by atoms with Crippen molar-refractivity contribution < 1.29 is 24.1 Å². The van der Waals surface area contributed by atoms with E-state index in [1.165, 1.54) is 5.57 Å². The van der Waals surface area contributed by atoms with Crippen LogP contribution in [0.3, 0.4) is 0 Å². The summed E-state index contributed by atoms with van der Waals surface area (Å²) in [5.74, 6) is -0.0601. The Balaban J connectivity index is 1.19. The Labute approximate surface area is 285 Å². The number of alkyl carbamates (subject to hydrolysis) is 1. The molecule has 6 unspecified atom stereocenters. The van der Waals surface area contributed by atoms with Crippen LogP contribution in [0.15, 0.2) is 89.6 Å². The van der Waals surface area contributed by atoms with Crippen molar-refractivity contribution in [2.75, 3.05) is 12.9 Å². The fourth-order valence-electron chi connectivity index (χ4n) is 7.04. The maximum Gasteiger partial charge on any atom is 0.412 e. The molecule has 6 atom stereocenters. The van der Waals surface area contributed by atoms with E-state index in [1.807, 2.05) is 67.6 Å². The van der Waals surface area contributed by atoms with Crippen molar-refractivity contribution in [3.8, 4) is 0 Å². The average molecular weight is 672 g/mol. The molecule has 2 N–H and O–H groups in total. The van der Waals surface area contributed by atoms with E-state index in [9.17, 15) is 9.90 Å². The first-order valence-corrected chi connectivity index (χ1v) is 17.4. The SMILES string of the molecule is COC1C(OC(=O)NC(=S)Cc2cccc3cccnc23)CCC(O)(CSc2cccc3cccnc23)C1C1(C)OC1CC=C(C)C. The minimum Gasteiger partial charge on any atom is -0.443 e. The quantitative estimate of drug-likeness (QED) is 0.0783. The lowest BCUT2D eigenvalue weighted by atomic mass is 9.66. The number of nitrogens with one attached hydrogen (secondary N) is 1. The Morgan fingerprint density at radius 3 is 2.49 bits per heavy atom. The Hall–Kier alpha value is -3.41. The molecule has 1 amide bonds. The standard InChI is InChI=1S/C37H41N3O5S2/c1-23(2)15-16-29-36(3,45-29)34-33(43-4)27(17-18-37(34,42)22-47-28-14-6-10-25-13-8-20-39-32(25)28)44-35(41)40-30(46)21-26-11-5-9-24-12-7-19-38-31(24)26/h5-15,19-20,27,29,33-34,42H,16-18,21-22H2,1-4H3,(H,40,41,46). The van der Waals surface area contributed by atoms with Crippen LogP contribution < -0.4 is 5.32 Å². The van der Waals surface area contributed by atoms with E-state index in [0.717, 1.165) is 38.7 Å². The van der Waals surface area contributed by atoms with Crippen LogP contribution in [0.1, 0.15) is 45.6 Å². The van der Waals surface area contributed by atoms with Crippen LogP contribution in [0, 0.1) is 5.92 Å². The van der Waals surface area contributed by atoms with E-state index in [0.29, 0.717) is 30.0 Å². The Morgan fingerprint density at radius 1 is 1.09 bits per heavy atom. The summed E-state index contributed by atoms with van der Waals surface area (Å²) in [6.07, 6.45) is 5.63. The molecule has 1 saturated carbocycles. The number of nitrogens with zero attached hydrogens (tertiary/aromatic N) is 2. The van der Waals surface area contributed by atoms with Crippen LogP contribution in [0.5, 0.6) is 0 Å². The average Bonchev–Trinajstić information content (AvgIpc) is 3.73. The van der Waals surface area contributed by atoms with E-state index in [1.54, 1.807) is 31.3 Å². The van der Waals surface area contributed by atoms with Crippen LogP contribution in [-0.2, 0) is 20.6 Å². The first kappa shape index (κ1) is 33.5. The van der Waals surface area contributed by atoms with E-state index >= 15 is 0 Å². The molecule has 0 radical (unpaired) electrons. The largest absolute Gasteiger partial charge is 0.443 e. The Kier molecular flexibility index (Phi) is 9.96. The Morgan fingerprint density at radius 2 is 1.77 bits per heavy atom. The van der Waals surface area contributed by atoms with Gasteiger partial charge in [0.1, 0.15) is 17.8 Å². The lowest BCUT2D eigenvalue weighted by Gasteiger charge is -2.49. The molecule has 47 heavy (non-hydrogen) atoms. The number of benzene rings is 2. The number of allylic oxidation sites excluding steroid dienone is 1. The number of ether oxygens (including phenoxy) is 3. The molecule has 6 rings (SSSR count). The molecular weight excluding hydrogens is 631 g/mol. The number of thioether (sulfide) groups is 1. The molecule has 10 heteroatoms. The number of carbonyl (C=O) groups is 1. The normalized spacial score (nSPS) is 26.9. The summed E-state index contributed by atoms with van der Waals surface area (Å²) >= 11 is 7.15. The number of hydrogen-bond donors (Lipinski definition) is 2. The highest BCUT2D eigenvalue weighted by molar-refractivity contribution is 7.99. The van der Waals surface area contributed by atoms with Gasteiger partial charge in [-0.05, 0) is 63.8 Å². The summed E-state index contributed by atoms with van der Waals surface area (Å²) < 4.78 is 18.5. The number of carbonyl (C=O) groups excluding carboxylic acids is 1. The van der Waals surface area contributed by atoms with Gasteiger partial charge >= 0.3 is 6.09 Å². The van der Waals surface area contributed by atoms with Gasteiger partial charge in [0, 0.05) is 53.3 Å². The lowest BCUT2D eigenvalue weighted by Crippen LogP contribution is -2.61. The molecule has 3 heterocycles. The Bertz CT molecular complexity index is 1800. The van der Waals surface area contributed by atoms with E-state index in [2.05, 4.69) is 35.2 Å². The summed E-state index contributed by atoms with van der Waals surface area (Å²) in [5, 5.41) is 17.3. The minimum absolute atomic E-state index is 0.0924. The smallest absolute Gasteiger partial charge is 0.412 e. The summed E-state index contributed by atoms with van der Waals surface area (Å²) in [5.41, 5.74) is 2.04. The first-order valence-electron chi connectivity index (χ1n) is 16.0. The molecule has 246 valence electrons. The molecule has 1 aliphatic carbocycles. The lowest BCUT2D eigenvalue weighted by molar-refractivity contribution is -0.169. The van der Waals surface area contributed by atoms with Crippen molar-refractivity contribution in [3.05, 3.63) is 90.3 Å². The van der Waals surface area contributed by atoms with Crippen LogP contribution in [0.4, 0.5) is 4.79 Å². The second kappa shape index (κ2) is 14.0. The topological polar surface area (TPSA) is 106 Å². The number of hydrogen-bond acceptors (Lipinski definition) is 9. The van der Waals surface area contributed by atoms with Crippen molar-refractivity contribution >= 4 is 56.9 Å². The number of fused-ring (bicyclic) bond motifs is 2. The molecule has 0 bridgehead atoms. The maximum atomic E-state index is 13.2. The van der Waals surface area contributed by atoms with Gasteiger partial charge in [-0.1, -0.05) is 66.3 Å². The molecule has 2 aliphatic rings. The zero-order chi connectivity index (χ0) is 33.2. The molecule has 4 aromatic rings. The molecule has 2 fully saturated rings. The number of aliphatic hydroxyl groups is 1. The second-order valence-electron chi connectivity index (χ2n) is 12.9. The fraction of sp³-hybridized carbons (Fsp3) is 0.405. The van der Waals surface area contributed by atoms with Crippen molar-refractivity contribution in [2.45, 2.75) is 80.9 Å². The number of methoxy groups -OCH3 is 1. The zero-order valence-electron chi connectivity index (χ0n) is 27.1. The molecule has 1 aliphatic heterocycles. The van der Waals surface area contributed by atoms with Gasteiger partial charge in [0.05, 0.1) is 27.7 Å². The molecule has 2 aromatic carbocycles. The third kappa shape index (κ3) is 7.22. The highest BCUT2D eigenvalue weighted by atomic mass is 32.2. The minimum atomic E-state index is -1.16. The van der Waals surface area contributed by atoms with Gasteiger partial charge in [0.2, 0.25) is 0 Å². The van der Waals surface area contributed by atoms with Gasteiger partial charge in [0.15, 0.2) is 0 Å². The third-order valence-corrected chi connectivity index (χ3v) is 10.9. The van der Waals surface area contributed by atoms with Crippen molar-refractivity contribution in [1.29, 1.82) is 0 Å². The number of amides is 1. The summed E-state index contributed by atoms with van der Waals surface area (Å²) in [6, 6.07) is 19.8. The van der Waals surface area contributed by atoms with Gasteiger partial charge in [-0.15, -0.1) is 11.8 Å². The van der Waals surface area contributed by atoms with Gasteiger partial charge < -0.3 is 19.3 Å². The number of epoxide rings is 1. The zero-order valence-corrected chi connectivity index (χ0v) is 28.8. The third-order valence-electron chi connectivity index (χ3n) is 9.38. The highest BCUT2D eigenvalue weighted by Gasteiger charge is 2.67. The van der Waals surface area contributed by atoms with Gasteiger partial charge in [-0.25, -0.2) is 4.79 Å². The molecular formula is C37H41N3O5S2. The molecule has 0 spiro atoms. The number of rotatable bonds is 10. The van der Waals surface area contributed by atoms with Gasteiger partial charge in [-0.2, -0.15) is 0 Å². The highest BCUT2D eigenvalue weighted by Crippen LogP contribution is 2.55. The van der Waals surface area contributed by atoms with Crippen LogP contribution >= 0.6 is 24.0 Å². The summed E-state index contributed by atoms with van der Waals surface area (Å²) in [7, 11) is 1.61. The molecule has 8 nitrogen and oxygen atoms in total. The van der Waals surface area contributed by atoms with E-state index in [4.69, 9.17) is 26.4 Å².